The van der Waals surface area contributed by atoms with Gasteiger partial charge in [-0.1, -0.05) is 304 Å². The van der Waals surface area contributed by atoms with Gasteiger partial charge in [-0.3, -0.25) is 14.4 Å². The van der Waals surface area contributed by atoms with Gasteiger partial charge in [-0.25, -0.2) is 0 Å². The molecule has 6 heteroatoms. The number of ether oxygens (including phenoxy) is 3. The predicted octanol–water partition coefficient (Wildman–Crippen LogP) is 24.8. The van der Waals surface area contributed by atoms with Crippen molar-refractivity contribution in [2.45, 2.75) is 361 Å². The summed E-state index contributed by atoms with van der Waals surface area (Å²) in [5.41, 5.74) is 0. The highest BCUT2D eigenvalue weighted by atomic mass is 16.6. The lowest BCUT2D eigenvalue weighted by Crippen LogP contribution is -2.30. The minimum atomic E-state index is -0.791. The molecule has 0 spiro atoms. The maximum Gasteiger partial charge on any atom is 0.306 e. The van der Waals surface area contributed by atoms with E-state index in [0.29, 0.717) is 19.3 Å². The number of hydrogen-bond acceptors (Lipinski definition) is 6. The molecule has 0 rings (SSSR count). The zero-order valence-electron chi connectivity index (χ0n) is 54.9. The molecule has 1 unspecified atom stereocenters. The molecule has 0 aliphatic rings. The molecule has 0 N–H and O–H groups in total. The molecule has 0 aliphatic carbocycles. The van der Waals surface area contributed by atoms with Crippen LogP contribution in [0.5, 0.6) is 0 Å². The van der Waals surface area contributed by atoms with Crippen LogP contribution in [-0.4, -0.2) is 37.2 Å². The van der Waals surface area contributed by atoms with Crippen LogP contribution in [0.3, 0.4) is 0 Å². The topological polar surface area (TPSA) is 78.9 Å². The average Bonchev–Trinajstić information content (AvgIpc) is 3.49. The maximum absolute atomic E-state index is 13.0. The number of carbonyl (C=O) groups is 3. The van der Waals surface area contributed by atoms with Crippen molar-refractivity contribution >= 4 is 17.9 Å². The van der Waals surface area contributed by atoms with Gasteiger partial charge in [0.25, 0.3) is 0 Å². The summed E-state index contributed by atoms with van der Waals surface area (Å²) in [6.07, 6.45) is 95.7. The second kappa shape index (κ2) is 70.8. The molecule has 6 nitrogen and oxygen atoms in total. The largest absolute Gasteiger partial charge is 0.462 e. The van der Waals surface area contributed by atoms with Gasteiger partial charge in [-0.2, -0.15) is 0 Å². The van der Waals surface area contributed by atoms with Crippen molar-refractivity contribution in [3.05, 3.63) is 97.2 Å². The fraction of sp³-hybridized carbons (Fsp3) is 0.753. The van der Waals surface area contributed by atoms with Crippen molar-refractivity contribution in [3.63, 3.8) is 0 Å². The number of allylic oxidation sites excluding steroid dienone is 16. The van der Waals surface area contributed by atoms with Crippen molar-refractivity contribution in [2.24, 2.45) is 0 Å². The first-order valence-corrected chi connectivity index (χ1v) is 35.7. The van der Waals surface area contributed by atoms with Gasteiger partial charge in [0.2, 0.25) is 0 Å². The van der Waals surface area contributed by atoms with Crippen LogP contribution in [0.4, 0.5) is 0 Å². The lowest BCUT2D eigenvalue weighted by Gasteiger charge is -2.18. The monoisotopic (exact) mass is 1160 g/mol. The van der Waals surface area contributed by atoms with E-state index in [2.05, 4.69) is 118 Å². The van der Waals surface area contributed by atoms with Crippen LogP contribution >= 0.6 is 0 Å². The van der Waals surface area contributed by atoms with Gasteiger partial charge >= 0.3 is 17.9 Å². The molecule has 0 saturated carbocycles. The first-order chi connectivity index (χ1) is 41.0. The molecule has 0 aromatic rings. The summed E-state index contributed by atoms with van der Waals surface area (Å²) >= 11 is 0. The highest BCUT2D eigenvalue weighted by Crippen LogP contribution is 2.17. The standard InChI is InChI=1S/C77H134O6/c1-4-7-10-13-16-19-22-25-28-30-32-34-36-38-40-42-44-46-49-52-55-58-61-64-67-70-76(79)82-73-74(72-81-75(78)69-66-63-60-57-54-51-48-27-24-21-18-15-12-9-6-3)83-77(80)71-68-65-62-59-56-53-50-47-45-43-41-39-37-35-33-31-29-26-23-20-17-14-11-8-5-2/h18,21-23,25-27,30-33,36-39,48,74H,4-17,19-20,24,28-29,34-35,40-47,49-73H2,1-3H3/b21-18-,25-22-,26-23-,32-30-,33-31-,38-36-,39-37-,48-27-. The van der Waals surface area contributed by atoms with Crippen LogP contribution in [-0.2, 0) is 28.6 Å². The van der Waals surface area contributed by atoms with Crippen LogP contribution < -0.4 is 0 Å². The van der Waals surface area contributed by atoms with Gasteiger partial charge in [-0.05, 0) is 128 Å². The summed E-state index contributed by atoms with van der Waals surface area (Å²) < 4.78 is 17.0. The second-order valence-corrected chi connectivity index (χ2v) is 23.8. The Hall–Kier alpha value is -3.67. The van der Waals surface area contributed by atoms with Crippen LogP contribution in [0, 0.1) is 0 Å². The smallest absolute Gasteiger partial charge is 0.306 e. The third kappa shape index (κ3) is 69.0. The van der Waals surface area contributed by atoms with Gasteiger partial charge in [-0.15, -0.1) is 0 Å². The summed E-state index contributed by atoms with van der Waals surface area (Å²) in [5.74, 6) is -0.892. The number of unbranched alkanes of at least 4 members (excludes halogenated alkanes) is 38. The summed E-state index contributed by atoms with van der Waals surface area (Å²) in [4.78, 5) is 38.5. The molecule has 0 aromatic carbocycles. The summed E-state index contributed by atoms with van der Waals surface area (Å²) in [6, 6.07) is 0. The SMILES string of the molecule is CCCCC/C=C\C/C=C\CCCCCCCC(=O)OCC(COC(=O)CCCCCCCCCCCC/C=C\C/C=C\C/C=C\CCCCCCC)OC(=O)CCCCCCCCCCCC/C=C\C/C=C\C/C=C\CCCCCCC. The van der Waals surface area contributed by atoms with Gasteiger partial charge in [0.05, 0.1) is 0 Å². The van der Waals surface area contributed by atoms with Gasteiger partial charge in [0.1, 0.15) is 13.2 Å². The molecule has 0 aliphatic heterocycles. The molecule has 0 amide bonds. The average molecular weight is 1160 g/mol. The van der Waals surface area contributed by atoms with Gasteiger partial charge < -0.3 is 14.2 Å². The predicted molar refractivity (Wildman–Crippen MR) is 362 cm³/mol. The molecular formula is C77H134O6. The Kier molecular flexibility index (Phi) is 67.7. The zero-order valence-corrected chi connectivity index (χ0v) is 54.9. The van der Waals surface area contributed by atoms with Crippen LogP contribution in [0.1, 0.15) is 355 Å². The molecule has 0 bridgehead atoms. The normalized spacial score (nSPS) is 12.7. The Bertz CT molecular complexity index is 1610. The van der Waals surface area contributed by atoms with E-state index >= 15 is 0 Å². The first kappa shape index (κ1) is 79.3. The molecule has 83 heavy (non-hydrogen) atoms. The van der Waals surface area contributed by atoms with Crippen LogP contribution in [0.15, 0.2) is 97.2 Å². The minimum absolute atomic E-state index is 0.0848. The third-order valence-electron chi connectivity index (χ3n) is 15.5. The number of carbonyl (C=O) groups excluding carboxylic acids is 3. The molecular weight excluding hydrogens is 1020 g/mol. The molecule has 1 atom stereocenters. The van der Waals surface area contributed by atoms with Crippen molar-refractivity contribution in [2.75, 3.05) is 13.2 Å². The lowest BCUT2D eigenvalue weighted by molar-refractivity contribution is -0.167. The number of esters is 3. The quantitative estimate of drug-likeness (QED) is 0.0261. The van der Waals surface area contributed by atoms with Gasteiger partial charge in [0, 0.05) is 19.3 Å². The Morgan fingerprint density at radius 3 is 0.699 bits per heavy atom. The van der Waals surface area contributed by atoms with E-state index in [9.17, 15) is 14.4 Å². The first-order valence-electron chi connectivity index (χ1n) is 35.7. The maximum atomic E-state index is 13.0. The second-order valence-electron chi connectivity index (χ2n) is 23.8. The zero-order chi connectivity index (χ0) is 59.9. The van der Waals surface area contributed by atoms with E-state index in [1.807, 2.05) is 0 Å². The van der Waals surface area contributed by atoms with E-state index in [4.69, 9.17) is 14.2 Å². The molecule has 0 radical (unpaired) electrons. The number of rotatable bonds is 65. The Balaban J connectivity index is 4.35. The molecule has 0 saturated heterocycles. The highest BCUT2D eigenvalue weighted by molar-refractivity contribution is 5.71. The van der Waals surface area contributed by atoms with Crippen LogP contribution in [0.2, 0.25) is 0 Å². The van der Waals surface area contributed by atoms with Crippen molar-refractivity contribution in [1.82, 2.24) is 0 Å². The molecule has 0 fully saturated rings. The van der Waals surface area contributed by atoms with E-state index in [1.165, 1.54) is 212 Å². The highest BCUT2D eigenvalue weighted by Gasteiger charge is 2.19. The van der Waals surface area contributed by atoms with E-state index < -0.39 is 6.10 Å². The van der Waals surface area contributed by atoms with Crippen LogP contribution in [0.25, 0.3) is 0 Å². The summed E-state index contributed by atoms with van der Waals surface area (Å²) in [6.45, 7) is 6.61. The summed E-state index contributed by atoms with van der Waals surface area (Å²) in [5, 5.41) is 0. The Morgan fingerprint density at radius 2 is 0.434 bits per heavy atom. The summed E-state index contributed by atoms with van der Waals surface area (Å²) in [7, 11) is 0. The Morgan fingerprint density at radius 1 is 0.241 bits per heavy atom. The fourth-order valence-electron chi connectivity index (χ4n) is 10.1. The third-order valence-corrected chi connectivity index (χ3v) is 15.5. The van der Waals surface area contributed by atoms with Crippen molar-refractivity contribution < 1.29 is 28.6 Å². The van der Waals surface area contributed by atoms with E-state index in [0.717, 1.165) is 103 Å². The molecule has 478 valence electrons. The van der Waals surface area contributed by atoms with Crippen molar-refractivity contribution in [1.29, 1.82) is 0 Å². The molecule has 0 aromatic heterocycles. The minimum Gasteiger partial charge on any atom is -0.462 e. The lowest BCUT2D eigenvalue weighted by atomic mass is 10.0. The van der Waals surface area contributed by atoms with Crippen molar-refractivity contribution in [3.8, 4) is 0 Å². The van der Waals surface area contributed by atoms with E-state index in [1.54, 1.807) is 0 Å². The van der Waals surface area contributed by atoms with E-state index in [-0.39, 0.29) is 31.1 Å². The fourth-order valence-corrected chi connectivity index (χ4v) is 10.1. The van der Waals surface area contributed by atoms with Gasteiger partial charge in [0.15, 0.2) is 6.10 Å². The molecule has 0 heterocycles. The Labute approximate surface area is 515 Å². The number of hydrogen-bond donors (Lipinski definition) is 0.